The minimum absolute atomic E-state index is 0.0341. The largest absolute Gasteiger partial charge is 0.383 e. The van der Waals surface area contributed by atoms with Gasteiger partial charge in [0.25, 0.3) is 0 Å². The maximum atomic E-state index is 13.2. The fraction of sp³-hybridized carbons (Fsp3) is 0.424. The van der Waals surface area contributed by atoms with Crippen molar-refractivity contribution in [3.63, 3.8) is 0 Å². The lowest BCUT2D eigenvalue weighted by molar-refractivity contribution is -0.133. The monoisotopic (exact) mass is 563 g/mol. The number of nitrogens with two attached hydrogens (primary N) is 1. The Morgan fingerprint density at radius 1 is 0.905 bits per heavy atom. The van der Waals surface area contributed by atoms with E-state index in [4.69, 9.17) is 10.7 Å². The summed E-state index contributed by atoms with van der Waals surface area (Å²) in [6.45, 7) is 5.42. The van der Waals surface area contributed by atoms with Crippen LogP contribution < -0.4 is 5.73 Å². The number of Topliss-reactive ketones (excluding diaryl/α,β-unsaturated/α-hetero) is 1. The number of piperidine rings is 1. The van der Waals surface area contributed by atoms with E-state index in [-0.39, 0.29) is 17.6 Å². The van der Waals surface area contributed by atoms with E-state index in [0.717, 1.165) is 60.2 Å². The van der Waals surface area contributed by atoms with Crippen LogP contribution in [0, 0.1) is 11.8 Å². The van der Waals surface area contributed by atoms with Gasteiger partial charge in [0.2, 0.25) is 5.91 Å². The van der Waals surface area contributed by atoms with Gasteiger partial charge >= 0.3 is 0 Å². The van der Waals surface area contributed by atoms with Crippen molar-refractivity contribution in [3.05, 3.63) is 66.1 Å². The molecule has 9 heteroatoms. The molecule has 3 fully saturated rings. The summed E-state index contributed by atoms with van der Waals surface area (Å²) < 4.78 is 1.56. The molecule has 9 nitrogen and oxygen atoms in total. The van der Waals surface area contributed by atoms with Crippen LogP contribution in [0.5, 0.6) is 0 Å². The first-order chi connectivity index (χ1) is 20.5. The second kappa shape index (κ2) is 10.9. The molecule has 4 aromatic rings. The van der Waals surface area contributed by atoms with Gasteiger partial charge in [0.05, 0.1) is 29.7 Å². The van der Waals surface area contributed by atoms with E-state index in [2.05, 4.69) is 15.0 Å². The summed E-state index contributed by atoms with van der Waals surface area (Å²) in [4.78, 5) is 40.1. The van der Waals surface area contributed by atoms with Crippen molar-refractivity contribution < 1.29 is 9.59 Å². The van der Waals surface area contributed by atoms with Gasteiger partial charge in [0.1, 0.15) is 5.82 Å². The zero-order valence-electron chi connectivity index (χ0n) is 24.1. The highest BCUT2D eigenvalue weighted by molar-refractivity contribution is 6.00. The number of ketones is 1. The van der Waals surface area contributed by atoms with Crippen molar-refractivity contribution in [2.75, 3.05) is 38.5 Å². The topological polar surface area (TPSA) is 110 Å². The number of hydrogen-bond acceptors (Lipinski definition) is 7. The minimum atomic E-state index is -0.124. The van der Waals surface area contributed by atoms with Crippen LogP contribution in [0.1, 0.15) is 61.0 Å². The van der Waals surface area contributed by atoms with Crippen LogP contribution >= 0.6 is 0 Å². The molecule has 0 radical (unpaired) electrons. The Balaban J connectivity index is 1.11. The van der Waals surface area contributed by atoms with Crippen LogP contribution in [0.2, 0.25) is 0 Å². The first-order valence-electron chi connectivity index (χ1n) is 15.2. The highest BCUT2D eigenvalue weighted by Crippen LogP contribution is 2.45. The van der Waals surface area contributed by atoms with Crippen molar-refractivity contribution in [2.24, 2.45) is 11.8 Å². The van der Waals surface area contributed by atoms with Crippen LogP contribution in [-0.4, -0.2) is 73.8 Å². The van der Waals surface area contributed by atoms with Crippen LogP contribution in [0.4, 0.5) is 5.82 Å². The van der Waals surface area contributed by atoms with Gasteiger partial charge < -0.3 is 10.6 Å². The van der Waals surface area contributed by atoms with E-state index < -0.39 is 0 Å². The van der Waals surface area contributed by atoms with Gasteiger partial charge in [-0.25, -0.2) is 4.98 Å². The molecule has 2 aliphatic heterocycles. The van der Waals surface area contributed by atoms with Crippen molar-refractivity contribution in [1.82, 2.24) is 29.4 Å². The third-order valence-corrected chi connectivity index (χ3v) is 9.50. The van der Waals surface area contributed by atoms with E-state index in [1.807, 2.05) is 53.6 Å². The lowest BCUT2D eigenvalue weighted by atomic mass is 9.89. The first-order valence-corrected chi connectivity index (χ1v) is 15.2. The fourth-order valence-corrected chi connectivity index (χ4v) is 6.90. The van der Waals surface area contributed by atoms with Gasteiger partial charge in [-0.2, -0.15) is 9.61 Å². The predicted octanol–water partition coefficient (Wildman–Crippen LogP) is 4.68. The highest BCUT2D eigenvalue weighted by atomic mass is 16.2. The van der Waals surface area contributed by atoms with Crippen molar-refractivity contribution in [3.8, 4) is 22.4 Å². The molecule has 3 aliphatic rings. The number of rotatable bonds is 6. The third-order valence-electron chi connectivity index (χ3n) is 9.50. The smallest absolute Gasteiger partial charge is 0.236 e. The SMILES string of the molecule is CC(=O)c1c(C2CCN(C(=O)CN3CCC4C[C@H]4CC3)CC2)nc2c(-c3ccc(-c4ccccc4)nc3)cnn2c1N. The number of nitrogens with zero attached hydrogens (tertiary/aromatic N) is 6. The average Bonchev–Trinajstić information content (AvgIpc) is 3.68. The molecular formula is C33H37N7O2. The number of anilines is 1. The van der Waals surface area contributed by atoms with Gasteiger partial charge in [0.15, 0.2) is 11.4 Å². The molecule has 0 spiro atoms. The molecule has 7 rings (SSSR count). The Morgan fingerprint density at radius 3 is 2.31 bits per heavy atom. The van der Waals surface area contributed by atoms with E-state index in [1.54, 1.807) is 10.7 Å². The molecule has 2 saturated heterocycles. The molecular weight excluding hydrogens is 526 g/mol. The van der Waals surface area contributed by atoms with Crippen molar-refractivity contribution in [1.29, 1.82) is 0 Å². The lowest BCUT2D eigenvalue weighted by Crippen LogP contribution is -2.44. The Bertz CT molecular complexity index is 1610. The number of likely N-dealkylation sites (tertiary alicyclic amines) is 2. The molecule has 216 valence electrons. The number of hydrogen-bond donors (Lipinski definition) is 1. The summed E-state index contributed by atoms with van der Waals surface area (Å²) in [5.41, 5.74) is 12.0. The van der Waals surface area contributed by atoms with Gasteiger partial charge in [-0.05, 0) is 70.0 Å². The molecule has 2 N–H and O–H groups in total. The Labute approximate surface area is 245 Å². The molecule has 1 aliphatic carbocycles. The van der Waals surface area contributed by atoms with Gasteiger partial charge in [-0.3, -0.25) is 19.5 Å². The molecule has 2 atom stereocenters. The summed E-state index contributed by atoms with van der Waals surface area (Å²) in [5, 5.41) is 4.50. The summed E-state index contributed by atoms with van der Waals surface area (Å²) in [6.07, 6.45) is 8.90. The number of pyridine rings is 1. The number of amides is 1. The number of fused-ring (bicyclic) bond motifs is 2. The number of carbonyl (C=O) groups is 2. The van der Waals surface area contributed by atoms with E-state index in [1.165, 1.54) is 26.2 Å². The molecule has 1 aromatic carbocycles. The Hall–Kier alpha value is -4.11. The number of aromatic nitrogens is 4. The molecule has 3 aromatic heterocycles. The zero-order valence-corrected chi connectivity index (χ0v) is 24.1. The van der Waals surface area contributed by atoms with Crippen LogP contribution in [0.25, 0.3) is 28.0 Å². The normalized spacial score (nSPS) is 21.2. The molecule has 42 heavy (non-hydrogen) atoms. The molecule has 1 saturated carbocycles. The van der Waals surface area contributed by atoms with Gasteiger partial charge in [0, 0.05) is 41.9 Å². The van der Waals surface area contributed by atoms with E-state index >= 15 is 0 Å². The summed E-state index contributed by atoms with van der Waals surface area (Å²) >= 11 is 0. The maximum absolute atomic E-state index is 13.2. The maximum Gasteiger partial charge on any atom is 0.236 e. The molecule has 0 bridgehead atoms. The third kappa shape index (κ3) is 5.06. The van der Waals surface area contributed by atoms with Crippen molar-refractivity contribution in [2.45, 2.75) is 44.9 Å². The zero-order chi connectivity index (χ0) is 28.8. The first kappa shape index (κ1) is 26.8. The van der Waals surface area contributed by atoms with Crippen LogP contribution in [0.15, 0.2) is 54.9 Å². The molecule has 1 amide bonds. The fourth-order valence-electron chi connectivity index (χ4n) is 6.90. The quantitative estimate of drug-likeness (QED) is 0.339. The number of nitrogen functional groups attached to an aromatic ring is 1. The van der Waals surface area contributed by atoms with E-state index in [9.17, 15) is 9.59 Å². The summed E-state index contributed by atoms with van der Waals surface area (Å²) in [5.74, 6) is 2.22. The summed E-state index contributed by atoms with van der Waals surface area (Å²) in [6, 6.07) is 14.0. The van der Waals surface area contributed by atoms with Crippen LogP contribution in [-0.2, 0) is 4.79 Å². The second-order valence-corrected chi connectivity index (χ2v) is 12.2. The highest BCUT2D eigenvalue weighted by Gasteiger charge is 2.39. The standard InChI is InChI=1S/C33H37N7O2/c1-21(41)30-31(23-11-15-39(16-12-23)29(42)20-38-13-9-24-17-25(24)10-14-38)37-33-27(19-36-40(33)32(30)34)26-7-8-28(35-18-26)22-5-3-2-4-6-22/h2-8,18-19,23-25H,9-17,20,34H2,1H3/t24-,25?/m1/s1. The van der Waals surface area contributed by atoms with Crippen molar-refractivity contribution >= 4 is 23.2 Å². The lowest BCUT2D eigenvalue weighted by Gasteiger charge is -2.34. The average molecular weight is 564 g/mol. The molecule has 5 heterocycles. The second-order valence-electron chi connectivity index (χ2n) is 12.2. The Kier molecular flexibility index (Phi) is 6.98. The van der Waals surface area contributed by atoms with Gasteiger partial charge in [-0.15, -0.1) is 0 Å². The minimum Gasteiger partial charge on any atom is -0.383 e. The summed E-state index contributed by atoms with van der Waals surface area (Å²) in [7, 11) is 0. The predicted molar refractivity (Wildman–Crippen MR) is 162 cm³/mol. The van der Waals surface area contributed by atoms with Crippen LogP contribution in [0.3, 0.4) is 0 Å². The number of benzene rings is 1. The molecule has 1 unspecified atom stereocenters. The van der Waals surface area contributed by atoms with Gasteiger partial charge in [-0.1, -0.05) is 36.4 Å². The number of carbonyl (C=O) groups excluding carboxylic acids is 2. The van der Waals surface area contributed by atoms with E-state index in [0.29, 0.717) is 42.4 Å². The Morgan fingerprint density at radius 2 is 1.64 bits per heavy atom.